The van der Waals surface area contributed by atoms with Gasteiger partial charge in [-0.25, -0.2) is 0 Å². The van der Waals surface area contributed by atoms with Crippen molar-refractivity contribution >= 4 is 124 Å². The lowest BCUT2D eigenvalue weighted by Gasteiger charge is -2.33. The predicted molar refractivity (Wildman–Crippen MR) is 317 cm³/mol. The molecule has 0 saturated carbocycles. The average Bonchev–Trinajstić information content (AvgIpc) is 3.56. The number of para-hydroxylation sites is 4. The maximum absolute atomic E-state index is 15.1. The van der Waals surface area contributed by atoms with Crippen molar-refractivity contribution in [3.63, 3.8) is 0 Å². The molecule has 0 spiro atoms. The van der Waals surface area contributed by atoms with Crippen molar-refractivity contribution in [3.05, 3.63) is 204 Å². The Morgan fingerprint density at radius 2 is 0.667 bits per heavy atom. The molecule has 0 unspecified atom stereocenters. The van der Waals surface area contributed by atoms with Gasteiger partial charge in [0.25, 0.3) is 23.6 Å². The maximum Gasteiger partial charge on any atom is 0.261 e. The van der Waals surface area contributed by atoms with Gasteiger partial charge in [-0.2, -0.15) is 0 Å². The Kier molecular flexibility index (Phi) is 10.7. The first-order valence-electron chi connectivity index (χ1n) is 26.8. The summed E-state index contributed by atoms with van der Waals surface area (Å²) in [5, 5.41) is 6.26. The van der Waals surface area contributed by atoms with Crippen molar-refractivity contribution < 1.29 is 19.2 Å². The van der Waals surface area contributed by atoms with E-state index in [1.807, 2.05) is 36.4 Å². The summed E-state index contributed by atoms with van der Waals surface area (Å²) in [7, 11) is 0. The molecular formula is C68H48N4O4S2. The van der Waals surface area contributed by atoms with Crippen LogP contribution in [0.1, 0.15) is 81.0 Å². The topological polar surface area (TPSA) is 81.2 Å². The Labute approximate surface area is 459 Å². The molecule has 0 aromatic heterocycles. The molecule has 0 atom stereocenters. The molecule has 0 saturated heterocycles. The third-order valence-corrected chi connectivity index (χ3v) is 18.5. The van der Waals surface area contributed by atoms with E-state index in [0.717, 1.165) is 102 Å². The number of amides is 4. The first-order chi connectivity index (χ1) is 38.3. The summed E-state index contributed by atoms with van der Waals surface area (Å²) in [6.45, 7) is 4.76. The number of fused-ring (bicyclic) bond motifs is 6. The number of unbranched alkanes of at least 4 members (excludes halogenated alkanes) is 2. The van der Waals surface area contributed by atoms with Crippen molar-refractivity contribution in [3.8, 4) is 22.3 Å². The zero-order chi connectivity index (χ0) is 52.5. The minimum absolute atomic E-state index is 0.301. The maximum atomic E-state index is 15.1. The number of carbonyl (C=O) groups is 4. The zero-order valence-corrected chi connectivity index (χ0v) is 44.4. The van der Waals surface area contributed by atoms with Gasteiger partial charge in [-0.05, 0) is 164 Å². The van der Waals surface area contributed by atoms with Crippen LogP contribution in [0.25, 0.3) is 65.3 Å². The standard InChI is InChI=1S/C68H48N4O4S2/c1-3-5-35-69-65(73)45-33-31-43-60-48(40-25-29-42(30-26-40)72-53-17-9-13-21-57(53)78-58-22-14-10-18-54(58)72)38-50-62-46(66(74)70(68(50)76)36-6-4-2)34-32-44(64(60)62)59-47(37-49(67(69)75)61(45)63(43)59)39-23-27-41(28-24-39)71-51-15-7-11-19-55(51)77-56-20-12-8-16-52(56)71/h7-34,37-38H,3-6,35-36H2,1-2H3. The number of nitrogens with zero attached hydrogens (tertiary/aromatic N) is 4. The molecule has 0 aliphatic carbocycles. The van der Waals surface area contributed by atoms with Crippen LogP contribution in [-0.2, 0) is 0 Å². The van der Waals surface area contributed by atoms with Gasteiger partial charge in [0.15, 0.2) is 0 Å². The van der Waals surface area contributed by atoms with E-state index in [4.69, 9.17) is 0 Å². The number of benzene rings is 11. The smallest absolute Gasteiger partial charge is 0.261 e. The van der Waals surface area contributed by atoms with Gasteiger partial charge in [0.1, 0.15) is 0 Å². The lowest BCUT2D eigenvalue weighted by molar-refractivity contribution is 0.0593. The van der Waals surface area contributed by atoms with Crippen molar-refractivity contribution in [2.24, 2.45) is 0 Å². The molecule has 0 fully saturated rings. The monoisotopic (exact) mass is 1050 g/mol. The molecule has 0 N–H and O–H groups in total. The molecule has 4 aliphatic rings. The van der Waals surface area contributed by atoms with Crippen LogP contribution in [-0.4, -0.2) is 46.5 Å². The largest absolute Gasteiger partial charge is 0.308 e. The first-order valence-corrected chi connectivity index (χ1v) is 28.5. The summed E-state index contributed by atoms with van der Waals surface area (Å²) in [6.07, 6.45) is 3.03. The molecule has 11 aromatic rings. The highest BCUT2D eigenvalue weighted by atomic mass is 32.2. The van der Waals surface area contributed by atoms with Gasteiger partial charge >= 0.3 is 0 Å². The van der Waals surface area contributed by atoms with Crippen molar-refractivity contribution in [1.82, 2.24) is 9.80 Å². The SMILES string of the molecule is CCCCN1C(=O)c2ccc3c4c(-c5ccc(N6c7ccccc7Sc7ccccc76)cc5)cc5c6c(ccc(c7c(-c8ccc(N9c%10ccccc%10Sc%10ccccc%109)cc8)cc(c2c37)C1=O)c64)C(=O)N(CCCC)C5=O. The second kappa shape index (κ2) is 17.9. The molecule has 11 aromatic carbocycles. The fraction of sp³-hybridized carbons (Fsp3) is 0.118. The van der Waals surface area contributed by atoms with E-state index in [1.54, 1.807) is 23.5 Å². The molecule has 0 bridgehead atoms. The highest BCUT2D eigenvalue weighted by molar-refractivity contribution is 8.00. The van der Waals surface area contributed by atoms with Crippen LogP contribution < -0.4 is 9.80 Å². The Balaban J connectivity index is 1.00. The van der Waals surface area contributed by atoms with E-state index in [-0.39, 0.29) is 23.6 Å². The summed E-state index contributed by atoms with van der Waals surface area (Å²) in [6, 6.07) is 62.8. The average molecular weight is 1050 g/mol. The number of hydrogen-bond donors (Lipinski definition) is 0. The summed E-state index contributed by atoms with van der Waals surface area (Å²) in [4.78, 5) is 71.8. The lowest BCUT2D eigenvalue weighted by atomic mass is 9.78. The third-order valence-electron chi connectivity index (χ3n) is 16.2. The van der Waals surface area contributed by atoms with Crippen LogP contribution in [0.4, 0.5) is 34.1 Å². The van der Waals surface area contributed by atoms with Gasteiger partial charge in [-0.15, -0.1) is 0 Å². The first kappa shape index (κ1) is 46.6. The molecule has 8 nitrogen and oxygen atoms in total. The van der Waals surface area contributed by atoms with Gasteiger partial charge < -0.3 is 9.80 Å². The van der Waals surface area contributed by atoms with Gasteiger partial charge in [0, 0.05) is 77.1 Å². The van der Waals surface area contributed by atoms with E-state index in [0.29, 0.717) is 59.0 Å². The van der Waals surface area contributed by atoms with E-state index < -0.39 is 0 Å². The Bertz CT molecular complexity index is 4050. The molecule has 0 radical (unpaired) electrons. The molecule has 78 heavy (non-hydrogen) atoms. The van der Waals surface area contributed by atoms with Crippen molar-refractivity contribution in [2.75, 3.05) is 22.9 Å². The lowest BCUT2D eigenvalue weighted by Crippen LogP contribution is -2.41. The Hall–Kier alpha value is -8.70. The fourth-order valence-electron chi connectivity index (χ4n) is 12.6. The van der Waals surface area contributed by atoms with E-state index in [2.05, 4.69) is 169 Å². The van der Waals surface area contributed by atoms with Crippen LogP contribution in [0.15, 0.2) is 202 Å². The highest BCUT2D eigenvalue weighted by Gasteiger charge is 2.39. The number of anilines is 6. The minimum Gasteiger partial charge on any atom is -0.308 e. The molecule has 4 amide bonds. The van der Waals surface area contributed by atoms with E-state index in [9.17, 15) is 9.59 Å². The zero-order valence-electron chi connectivity index (χ0n) is 42.8. The van der Waals surface area contributed by atoms with Crippen LogP contribution in [0.2, 0.25) is 0 Å². The molecular weight excluding hydrogens is 1000 g/mol. The molecule has 376 valence electrons. The number of imide groups is 2. The molecule has 10 heteroatoms. The Morgan fingerprint density at radius 1 is 0.333 bits per heavy atom. The molecule has 4 heterocycles. The van der Waals surface area contributed by atoms with Crippen LogP contribution in [0.3, 0.4) is 0 Å². The second-order valence-corrected chi connectivity index (χ2v) is 22.8. The van der Waals surface area contributed by atoms with Gasteiger partial charge in [0.2, 0.25) is 0 Å². The van der Waals surface area contributed by atoms with Crippen LogP contribution in [0.5, 0.6) is 0 Å². The normalized spacial score (nSPS) is 14.5. The fourth-order valence-corrected chi connectivity index (χ4v) is 14.7. The Morgan fingerprint density at radius 3 is 1.01 bits per heavy atom. The van der Waals surface area contributed by atoms with Crippen LogP contribution >= 0.6 is 23.5 Å². The number of hydrogen-bond acceptors (Lipinski definition) is 8. The number of rotatable bonds is 10. The summed E-state index contributed by atoms with van der Waals surface area (Å²) < 4.78 is 0. The minimum atomic E-state index is -0.309. The third kappa shape index (κ3) is 6.75. The number of carbonyl (C=O) groups excluding carboxylic acids is 4. The predicted octanol–water partition coefficient (Wildman–Crippen LogP) is 17.7. The molecule has 15 rings (SSSR count). The van der Waals surface area contributed by atoms with E-state index >= 15 is 9.59 Å². The summed E-state index contributed by atoms with van der Waals surface area (Å²) >= 11 is 3.53. The highest BCUT2D eigenvalue weighted by Crippen LogP contribution is 2.56. The quantitative estimate of drug-likeness (QED) is 0.0761. The molecule has 4 aliphatic heterocycles. The van der Waals surface area contributed by atoms with Crippen molar-refractivity contribution in [2.45, 2.75) is 59.1 Å². The second-order valence-electron chi connectivity index (χ2n) is 20.6. The summed E-state index contributed by atoms with van der Waals surface area (Å²) in [5.41, 5.74) is 11.7. The summed E-state index contributed by atoms with van der Waals surface area (Å²) in [5.74, 6) is -1.22. The van der Waals surface area contributed by atoms with Crippen LogP contribution in [0, 0.1) is 0 Å². The van der Waals surface area contributed by atoms with E-state index in [1.165, 1.54) is 29.4 Å². The van der Waals surface area contributed by atoms with Crippen molar-refractivity contribution in [1.29, 1.82) is 0 Å². The van der Waals surface area contributed by atoms with Gasteiger partial charge in [-0.1, -0.05) is 135 Å². The van der Waals surface area contributed by atoms with Gasteiger partial charge in [-0.3, -0.25) is 29.0 Å². The van der Waals surface area contributed by atoms with Gasteiger partial charge in [0.05, 0.1) is 22.7 Å².